The molecule has 104 valence electrons. The van der Waals surface area contributed by atoms with Gasteiger partial charge in [-0.05, 0) is 25.7 Å². The van der Waals surface area contributed by atoms with Gasteiger partial charge in [0.2, 0.25) is 0 Å². The standard InChI is InChI=1S/C10H16O4S4/c11-9(12)7-3-1-5-15-18-8(10(13)14)4-2-6-16-17-7/h7-8H,1-6H2,(H,11,12)(H,13,14). The first kappa shape index (κ1) is 16.4. The Morgan fingerprint density at radius 2 is 1.22 bits per heavy atom. The van der Waals surface area contributed by atoms with E-state index in [1.807, 2.05) is 0 Å². The Morgan fingerprint density at radius 3 is 1.56 bits per heavy atom. The molecule has 0 aromatic heterocycles. The third-order valence-corrected chi connectivity index (χ3v) is 8.04. The second-order valence-corrected chi connectivity index (χ2v) is 9.15. The van der Waals surface area contributed by atoms with E-state index in [0.717, 1.165) is 24.3 Å². The number of aliphatic carboxylic acids is 2. The molecule has 1 saturated heterocycles. The SMILES string of the molecule is O=C(O)C1CCCSSC(C(=O)O)CCCSS1. The maximum absolute atomic E-state index is 11.0. The lowest BCUT2D eigenvalue weighted by atomic mass is 10.2. The molecule has 2 unspecified atom stereocenters. The summed E-state index contributed by atoms with van der Waals surface area (Å²) in [6.07, 6.45) is 2.93. The highest BCUT2D eigenvalue weighted by Gasteiger charge is 2.21. The minimum Gasteiger partial charge on any atom is -0.480 e. The van der Waals surface area contributed by atoms with Gasteiger partial charge in [0, 0.05) is 11.5 Å². The van der Waals surface area contributed by atoms with E-state index in [9.17, 15) is 9.59 Å². The van der Waals surface area contributed by atoms with E-state index in [1.54, 1.807) is 21.6 Å². The van der Waals surface area contributed by atoms with Gasteiger partial charge in [0.25, 0.3) is 0 Å². The Balaban J connectivity index is 2.42. The molecule has 0 aliphatic carbocycles. The quantitative estimate of drug-likeness (QED) is 0.748. The van der Waals surface area contributed by atoms with Gasteiger partial charge in [-0.15, -0.1) is 0 Å². The average molecular weight is 329 g/mol. The predicted octanol–water partition coefficient (Wildman–Crippen LogP) is 3.23. The highest BCUT2D eigenvalue weighted by Crippen LogP contribution is 2.36. The molecular formula is C10H16O4S4. The van der Waals surface area contributed by atoms with Crippen LogP contribution in [-0.2, 0) is 9.59 Å². The first-order chi connectivity index (χ1) is 8.61. The van der Waals surface area contributed by atoms with Crippen molar-refractivity contribution in [3.8, 4) is 0 Å². The van der Waals surface area contributed by atoms with Crippen molar-refractivity contribution in [2.75, 3.05) is 11.5 Å². The van der Waals surface area contributed by atoms with Gasteiger partial charge >= 0.3 is 11.9 Å². The second kappa shape index (κ2) is 9.28. The molecule has 0 aromatic carbocycles. The average Bonchev–Trinajstić information content (AvgIpc) is 2.28. The summed E-state index contributed by atoms with van der Waals surface area (Å²) in [5.74, 6) is 0.128. The number of hydrogen-bond donors (Lipinski definition) is 2. The summed E-state index contributed by atoms with van der Waals surface area (Å²) in [7, 11) is 5.90. The van der Waals surface area contributed by atoms with Crippen LogP contribution < -0.4 is 0 Å². The first-order valence-corrected chi connectivity index (χ1v) is 10.4. The van der Waals surface area contributed by atoms with Crippen LogP contribution in [0.25, 0.3) is 0 Å². The summed E-state index contributed by atoms with van der Waals surface area (Å²) in [4.78, 5) is 22.0. The van der Waals surface area contributed by atoms with Crippen molar-refractivity contribution in [3.63, 3.8) is 0 Å². The van der Waals surface area contributed by atoms with Gasteiger partial charge in [-0.25, -0.2) is 0 Å². The van der Waals surface area contributed by atoms with Crippen molar-refractivity contribution in [1.82, 2.24) is 0 Å². The summed E-state index contributed by atoms with van der Waals surface area (Å²) < 4.78 is 0. The van der Waals surface area contributed by atoms with Crippen LogP contribution in [0, 0.1) is 0 Å². The lowest BCUT2D eigenvalue weighted by Crippen LogP contribution is -2.17. The van der Waals surface area contributed by atoms with Crippen LogP contribution >= 0.6 is 43.2 Å². The summed E-state index contributed by atoms with van der Waals surface area (Å²) in [5.41, 5.74) is 0. The fraction of sp³-hybridized carbons (Fsp3) is 0.800. The van der Waals surface area contributed by atoms with Crippen molar-refractivity contribution < 1.29 is 19.8 Å². The van der Waals surface area contributed by atoms with Crippen LogP contribution in [0.4, 0.5) is 0 Å². The molecule has 0 spiro atoms. The molecule has 0 radical (unpaired) electrons. The van der Waals surface area contributed by atoms with Crippen LogP contribution in [0.15, 0.2) is 0 Å². The zero-order valence-electron chi connectivity index (χ0n) is 9.74. The minimum atomic E-state index is -0.745. The number of rotatable bonds is 2. The largest absolute Gasteiger partial charge is 0.480 e. The first-order valence-electron chi connectivity index (χ1n) is 5.63. The zero-order valence-corrected chi connectivity index (χ0v) is 13.0. The van der Waals surface area contributed by atoms with Crippen LogP contribution in [0.3, 0.4) is 0 Å². The van der Waals surface area contributed by atoms with Crippen molar-refractivity contribution in [2.24, 2.45) is 0 Å². The smallest absolute Gasteiger partial charge is 0.317 e. The van der Waals surface area contributed by atoms with Gasteiger partial charge in [0.1, 0.15) is 10.5 Å². The van der Waals surface area contributed by atoms with E-state index in [-0.39, 0.29) is 10.5 Å². The van der Waals surface area contributed by atoms with Gasteiger partial charge in [-0.2, -0.15) is 0 Å². The molecule has 4 nitrogen and oxygen atoms in total. The van der Waals surface area contributed by atoms with Gasteiger partial charge in [0.05, 0.1) is 0 Å². The summed E-state index contributed by atoms with van der Waals surface area (Å²) >= 11 is 0. The Morgan fingerprint density at radius 1 is 0.833 bits per heavy atom. The van der Waals surface area contributed by atoms with Gasteiger partial charge in [-0.3, -0.25) is 9.59 Å². The van der Waals surface area contributed by atoms with E-state index < -0.39 is 11.9 Å². The van der Waals surface area contributed by atoms with E-state index in [4.69, 9.17) is 10.2 Å². The summed E-state index contributed by atoms with van der Waals surface area (Å²) in [6, 6.07) is 0. The summed E-state index contributed by atoms with van der Waals surface area (Å²) in [5, 5.41) is 17.4. The third kappa shape index (κ3) is 6.49. The minimum absolute atomic E-state index is 0.338. The van der Waals surface area contributed by atoms with Crippen LogP contribution in [0.2, 0.25) is 0 Å². The molecule has 1 rings (SSSR count). The van der Waals surface area contributed by atoms with Gasteiger partial charge in [-0.1, -0.05) is 43.2 Å². The van der Waals surface area contributed by atoms with Crippen molar-refractivity contribution in [3.05, 3.63) is 0 Å². The maximum Gasteiger partial charge on any atom is 0.317 e. The van der Waals surface area contributed by atoms with Gasteiger partial charge in [0.15, 0.2) is 0 Å². The molecule has 1 aliphatic heterocycles. The van der Waals surface area contributed by atoms with Gasteiger partial charge < -0.3 is 10.2 Å². The monoisotopic (exact) mass is 328 g/mol. The number of carboxylic acids is 2. The number of carbonyl (C=O) groups is 2. The lowest BCUT2D eigenvalue weighted by molar-refractivity contribution is -0.137. The van der Waals surface area contributed by atoms with Crippen LogP contribution in [0.1, 0.15) is 25.7 Å². The molecular weight excluding hydrogens is 312 g/mol. The Bertz CT molecular complexity index is 247. The predicted molar refractivity (Wildman–Crippen MR) is 81.4 cm³/mol. The van der Waals surface area contributed by atoms with E-state index in [0.29, 0.717) is 12.8 Å². The normalized spacial score (nSPS) is 27.8. The molecule has 0 bridgehead atoms. The van der Waals surface area contributed by atoms with E-state index in [2.05, 4.69) is 0 Å². The summed E-state index contributed by atoms with van der Waals surface area (Å²) in [6.45, 7) is 0. The van der Waals surface area contributed by atoms with Crippen LogP contribution in [0.5, 0.6) is 0 Å². The molecule has 1 heterocycles. The zero-order chi connectivity index (χ0) is 13.4. The Labute approximate surface area is 122 Å². The van der Waals surface area contributed by atoms with Crippen molar-refractivity contribution in [1.29, 1.82) is 0 Å². The molecule has 8 heteroatoms. The Hall–Kier alpha value is 0.340. The molecule has 0 aromatic rings. The van der Waals surface area contributed by atoms with Crippen molar-refractivity contribution in [2.45, 2.75) is 36.2 Å². The molecule has 2 atom stereocenters. The molecule has 1 aliphatic rings. The van der Waals surface area contributed by atoms with E-state index >= 15 is 0 Å². The van der Waals surface area contributed by atoms with E-state index in [1.165, 1.54) is 21.6 Å². The van der Waals surface area contributed by atoms with Crippen LogP contribution in [-0.4, -0.2) is 44.2 Å². The lowest BCUT2D eigenvalue weighted by Gasteiger charge is -2.15. The fourth-order valence-electron chi connectivity index (χ4n) is 1.34. The third-order valence-electron chi connectivity index (χ3n) is 2.31. The molecule has 0 amide bonds. The molecule has 18 heavy (non-hydrogen) atoms. The highest BCUT2D eigenvalue weighted by molar-refractivity contribution is 8.77. The molecule has 1 fully saturated rings. The maximum atomic E-state index is 11.0. The highest BCUT2D eigenvalue weighted by atomic mass is 33.1. The molecule has 2 N–H and O–H groups in total. The Kier molecular flexibility index (Phi) is 8.45. The fourth-order valence-corrected chi connectivity index (χ4v) is 6.46. The topological polar surface area (TPSA) is 74.6 Å². The number of hydrogen-bond acceptors (Lipinski definition) is 6. The second-order valence-electron chi connectivity index (χ2n) is 3.77. The van der Waals surface area contributed by atoms with Crippen molar-refractivity contribution >= 4 is 55.1 Å². The number of carboxylic acid groups (broad SMARTS) is 2. The molecule has 0 saturated carbocycles.